The van der Waals surface area contributed by atoms with Crippen LogP contribution in [0.2, 0.25) is 0 Å². The second-order valence-corrected chi connectivity index (χ2v) is 5.71. The molecule has 0 bridgehead atoms. The van der Waals surface area contributed by atoms with Gasteiger partial charge >= 0.3 is 5.00 Å². The van der Waals surface area contributed by atoms with Gasteiger partial charge in [0.05, 0.1) is 9.85 Å². The summed E-state index contributed by atoms with van der Waals surface area (Å²) in [5, 5.41) is 24.7. The number of nitrogens with zero attached hydrogens (tertiary/aromatic N) is 2. The summed E-state index contributed by atoms with van der Waals surface area (Å²) >= 11 is 1.11. The minimum atomic E-state index is -0.421. The largest absolute Gasteiger partial charge is 0.380 e. The van der Waals surface area contributed by atoms with E-state index in [4.69, 9.17) is 0 Å². The fourth-order valence-electron chi connectivity index (χ4n) is 1.93. The molecule has 0 aliphatic rings. The van der Waals surface area contributed by atoms with Gasteiger partial charge in [0.25, 0.3) is 5.69 Å². The van der Waals surface area contributed by atoms with E-state index in [9.17, 15) is 20.2 Å². The molecule has 2 aromatic rings. The summed E-state index contributed by atoms with van der Waals surface area (Å²) in [6.07, 6.45) is 0. The molecule has 1 aromatic heterocycles. The Balaban J connectivity index is 2.14. The second-order valence-electron chi connectivity index (χ2n) is 4.56. The summed E-state index contributed by atoms with van der Waals surface area (Å²) in [4.78, 5) is 21.5. The number of benzene rings is 1. The van der Waals surface area contributed by atoms with E-state index < -0.39 is 9.85 Å². The molecule has 0 unspecified atom stereocenters. The van der Waals surface area contributed by atoms with Crippen LogP contribution in [0.25, 0.3) is 0 Å². The zero-order chi connectivity index (χ0) is 15.6. The first-order valence-corrected chi connectivity index (χ1v) is 6.92. The standard InChI is InChI=1S/C13H13N3O4S/c1-8-6-12(15(17)18)9(2)5-11(8)14-7-10-3-4-13(21-10)16(19)20/h3-6,14H,7H2,1-2H3. The molecule has 2 rings (SSSR count). The highest BCUT2D eigenvalue weighted by Crippen LogP contribution is 2.28. The van der Waals surface area contributed by atoms with Crippen molar-refractivity contribution in [3.05, 3.63) is 60.5 Å². The number of thiophene rings is 1. The van der Waals surface area contributed by atoms with Crippen LogP contribution >= 0.6 is 11.3 Å². The molecular weight excluding hydrogens is 294 g/mol. The summed E-state index contributed by atoms with van der Waals surface area (Å²) in [6, 6.07) is 6.41. The number of anilines is 1. The molecule has 0 amide bonds. The Morgan fingerprint density at radius 2 is 1.81 bits per heavy atom. The molecule has 110 valence electrons. The molecule has 1 heterocycles. The van der Waals surface area contributed by atoms with E-state index in [1.54, 1.807) is 26.0 Å². The maximum Gasteiger partial charge on any atom is 0.324 e. The van der Waals surface area contributed by atoms with E-state index in [1.165, 1.54) is 12.1 Å². The third-order valence-electron chi connectivity index (χ3n) is 3.02. The Bertz CT molecular complexity index is 711. The minimum absolute atomic E-state index is 0.0878. The molecule has 0 saturated heterocycles. The molecule has 1 aromatic carbocycles. The minimum Gasteiger partial charge on any atom is -0.380 e. The number of nitro benzene ring substituents is 1. The fraction of sp³-hybridized carbons (Fsp3) is 0.231. The van der Waals surface area contributed by atoms with Crippen LogP contribution < -0.4 is 5.32 Å². The lowest BCUT2D eigenvalue weighted by Gasteiger charge is -2.09. The van der Waals surface area contributed by atoms with Gasteiger partial charge in [-0.05, 0) is 31.5 Å². The number of nitrogens with one attached hydrogen (secondary N) is 1. The molecule has 7 nitrogen and oxygen atoms in total. The van der Waals surface area contributed by atoms with Crippen LogP contribution in [-0.2, 0) is 6.54 Å². The topological polar surface area (TPSA) is 98.3 Å². The molecule has 0 fully saturated rings. The number of aryl methyl sites for hydroxylation is 2. The van der Waals surface area contributed by atoms with E-state index >= 15 is 0 Å². The normalized spacial score (nSPS) is 10.4. The highest BCUT2D eigenvalue weighted by molar-refractivity contribution is 7.15. The van der Waals surface area contributed by atoms with Crippen LogP contribution in [0.3, 0.4) is 0 Å². The van der Waals surface area contributed by atoms with Crippen molar-refractivity contribution in [2.75, 3.05) is 5.32 Å². The number of rotatable bonds is 5. The predicted molar refractivity (Wildman–Crippen MR) is 80.9 cm³/mol. The summed E-state index contributed by atoms with van der Waals surface area (Å²) in [5.74, 6) is 0. The Morgan fingerprint density at radius 3 is 2.38 bits per heavy atom. The highest BCUT2D eigenvalue weighted by Gasteiger charge is 2.14. The smallest absolute Gasteiger partial charge is 0.324 e. The van der Waals surface area contributed by atoms with E-state index in [0.29, 0.717) is 12.1 Å². The Morgan fingerprint density at radius 1 is 1.10 bits per heavy atom. The molecule has 1 N–H and O–H groups in total. The van der Waals surface area contributed by atoms with Crippen LogP contribution in [0.4, 0.5) is 16.4 Å². The lowest BCUT2D eigenvalue weighted by atomic mass is 10.1. The van der Waals surface area contributed by atoms with Crippen LogP contribution in [0.1, 0.15) is 16.0 Å². The van der Waals surface area contributed by atoms with Crippen molar-refractivity contribution >= 4 is 27.7 Å². The molecule has 0 radical (unpaired) electrons. The van der Waals surface area contributed by atoms with Crippen LogP contribution in [0, 0.1) is 34.1 Å². The monoisotopic (exact) mass is 307 g/mol. The van der Waals surface area contributed by atoms with Crippen molar-refractivity contribution in [1.29, 1.82) is 0 Å². The van der Waals surface area contributed by atoms with Gasteiger partial charge < -0.3 is 5.32 Å². The van der Waals surface area contributed by atoms with Crippen LogP contribution in [-0.4, -0.2) is 9.85 Å². The first kappa shape index (κ1) is 14.9. The van der Waals surface area contributed by atoms with Crippen molar-refractivity contribution < 1.29 is 9.85 Å². The molecule has 8 heteroatoms. The van der Waals surface area contributed by atoms with E-state index in [0.717, 1.165) is 27.5 Å². The third-order valence-corrected chi connectivity index (χ3v) is 4.06. The Labute approximate surface area is 124 Å². The third kappa shape index (κ3) is 3.34. The van der Waals surface area contributed by atoms with Gasteiger partial charge in [0, 0.05) is 34.8 Å². The van der Waals surface area contributed by atoms with E-state index in [1.807, 2.05) is 0 Å². The molecule has 0 atom stereocenters. The lowest BCUT2D eigenvalue weighted by Crippen LogP contribution is -2.01. The molecular formula is C13H13N3O4S. The SMILES string of the molecule is Cc1cc([N+](=O)[O-])c(C)cc1NCc1ccc([N+](=O)[O-])s1. The van der Waals surface area contributed by atoms with Gasteiger partial charge in [0.1, 0.15) is 0 Å². The average Bonchev–Trinajstić information content (AvgIpc) is 2.88. The van der Waals surface area contributed by atoms with Gasteiger partial charge in [0.15, 0.2) is 0 Å². The number of hydrogen-bond acceptors (Lipinski definition) is 6. The summed E-state index contributed by atoms with van der Waals surface area (Å²) in [6.45, 7) is 3.90. The lowest BCUT2D eigenvalue weighted by molar-refractivity contribution is -0.385. The van der Waals surface area contributed by atoms with Crippen LogP contribution in [0.15, 0.2) is 24.3 Å². The number of nitro groups is 2. The quantitative estimate of drug-likeness (QED) is 0.669. The summed E-state index contributed by atoms with van der Waals surface area (Å²) < 4.78 is 0. The maximum absolute atomic E-state index is 10.9. The highest BCUT2D eigenvalue weighted by atomic mass is 32.1. The Hall–Kier alpha value is -2.48. The van der Waals surface area contributed by atoms with Gasteiger partial charge in [-0.2, -0.15) is 0 Å². The van der Waals surface area contributed by atoms with Crippen molar-refractivity contribution in [2.24, 2.45) is 0 Å². The van der Waals surface area contributed by atoms with E-state index in [2.05, 4.69) is 5.32 Å². The van der Waals surface area contributed by atoms with Crippen molar-refractivity contribution in [2.45, 2.75) is 20.4 Å². The average molecular weight is 307 g/mol. The van der Waals surface area contributed by atoms with Gasteiger partial charge in [0.2, 0.25) is 0 Å². The molecule has 21 heavy (non-hydrogen) atoms. The molecule has 0 aliphatic heterocycles. The predicted octanol–water partition coefficient (Wildman–Crippen LogP) is 3.79. The first-order valence-electron chi connectivity index (χ1n) is 6.11. The maximum atomic E-state index is 10.9. The number of hydrogen-bond donors (Lipinski definition) is 1. The zero-order valence-corrected chi connectivity index (χ0v) is 12.3. The first-order chi connectivity index (χ1) is 9.88. The zero-order valence-electron chi connectivity index (χ0n) is 11.5. The summed E-state index contributed by atoms with van der Waals surface area (Å²) in [7, 11) is 0. The van der Waals surface area contributed by atoms with Crippen molar-refractivity contribution in [3.63, 3.8) is 0 Å². The van der Waals surface area contributed by atoms with Crippen molar-refractivity contribution in [1.82, 2.24) is 0 Å². The fourth-order valence-corrected chi connectivity index (χ4v) is 2.69. The molecule has 0 spiro atoms. The van der Waals surface area contributed by atoms with Crippen molar-refractivity contribution in [3.8, 4) is 0 Å². The summed E-state index contributed by atoms with van der Waals surface area (Å²) in [5.41, 5.74) is 2.21. The van der Waals surface area contributed by atoms with Gasteiger partial charge in [-0.15, -0.1) is 0 Å². The Kier molecular flexibility index (Phi) is 4.18. The molecule has 0 saturated carbocycles. The second kappa shape index (κ2) is 5.88. The van der Waals surface area contributed by atoms with Gasteiger partial charge in [-0.1, -0.05) is 11.3 Å². The van der Waals surface area contributed by atoms with Gasteiger partial charge in [-0.25, -0.2) is 0 Å². The van der Waals surface area contributed by atoms with E-state index in [-0.39, 0.29) is 10.7 Å². The van der Waals surface area contributed by atoms with Crippen LogP contribution in [0.5, 0.6) is 0 Å². The molecule has 0 aliphatic carbocycles. The van der Waals surface area contributed by atoms with Gasteiger partial charge in [-0.3, -0.25) is 20.2 Å².